The number of aromatic nitrogens is 2. The summed E-state index contributed by atoms with van der Waals surface area (Å²) < 4.78 is 32.5. The van der Waals surface area contributed by atoms with Gasteiger partial charge in [0.2, 0.25) is 0 Å². The van der Waals surface area contributed by atoms with Crippen LogP contribution in [0, 0.1) is 0 Å². The van der Waals surface area contributed by atoms with Gasteiger partial charge in [-0.2, -0.15) is 4.98 Å². The van der Waals surface area contributed by atoms with Gasteiger partial charge >= 0.3 is 0 Å². The Balaban J connectivity index is 1.54. The van der Waals surface area contributed by atoms with E-state index in [1.807, 2.05) is 30.3 Å². The Morgan fingerprint density at radius 3 is 2.76 bits per heavy atom. The largest absolute Gasteiger partial charge is 0.333 e. The Labute approximate surface area is 149 Å². The number of thiophene rings is 1. The van der Waals surface area contributed by atoms with E-state index in [2.05, 4.69) is 14.9 Å². The van der Waals surface area contributed by atoms with Crippen molar-refractivity contribution in [2.24, 2.45) is 0 Å². The molecule has 1 aliphatic rings. The van der Waals surface area contributed by atoms with Gasteiger partial charge in [-0.15, -0.1) is 11.3 Å². The van der Waals surface area contributed by atoms with Crippen LogP contribution in [-0.2, 0) is 10.0 Å². The van der Waals surface area contributed by atoms with Crippen LogP contribution in [0.25, 0.3) is 16.8 Å². The van der Waals surface area contributed by atoms with Gasteiger partial charge in [0.25, 0.3) is 15.9 Å². The molecule has 0 saturated heterocycles. The van der Waals surface area contributed by atoms with E-state index < -0.39 is 10.0 Å². The fraction of sp³-hybridized carbons (Fsp3) is 0.176. The van der Waals surface area contributed by atoms with E-state index in [9.17, 15) is 8.42 Å². The molecule has 0 atom stereocenters. The molecule has 2 aromatic heterocycles. The third-order valence-corrected chi connectivity index (χ3v) is 5.64. The number of sulfonamides is 1. The van der Waals surface area contributed by atoms with Gasteiger partial charge in [0.1, 0.15) is 4.88 Å². The van der Waals surface area contributed by atoms with Crippen molar-refractivity contribution in [2.75, 3.05) is 4.72 Å². The van der Waals surface area contributed by atoms with Gasteiger partial charge < -0.3 is 4.52 Å². The third-order valence-electron chi connectivity index (χ3n) is 3.74. The number of anilines is 1. The lowest BCUT2D eigenvalue weighted by atomic mass is 10.2. The van der Waals surface area contributed by atoms with Crippen molar-refractivity contribution in [1.82, 2.24) is 10.1 Å². The molecule has 0 bridgehead atoms. The molecule has 1 aliphatic carbocycles. The quantitative estimate of drug-likeness (QED) is 0.703. The molecule has 1 saturated carbocycles. The summed E-state index contributed by atoms with van der Waals surface area (Å²) >= 11 is 1.36. The fourth-order valence-electron chi connectivity index (χ4n) is 2.31. The number of benzene rings is 1. The second-order valence-corrected chi connectivity index (χ2v) is 8.24. The molecule has 1 N–H and O–H groups in total. The molecule has 0 aliphatic heterocycles. The lowest BCUT2D eigenvalue weighted by Crippen LogP contribution is -2.08. The minimum atomic E-state index is -3.64. The highest BCUT2D eigenvalue weighted by Crippen LogP contribution is 2.40. The van der Waals surface area contributed by atoms with E-state index in [0.29, 0.717) is 28.2 Å². The monoisotopic (exact) mass is 373 g/mol. The van der Waals surface area contributed by atoms with Gasteiger partial charge in [-0.1, -0.05) is 35.5 Å². The lowest BCUT2D eigenvalue weighted by Gasteiger charge is -2.03. The highest BCUT2D eigenvalue weighted by Gasteiger charge is 2.29. The van der Waals surface area contributed by atoms with Crippen LogP contribution in [0.2, 0.25) is 0 Å². The van der Waals surface area contributed by atoms with E-state index in [4.69, 9.17) is 4.52 Å². The van der Waals surface area contributed by atoms with Crippen LogP contribution in [0.3, 0.4) is 0 Å². The van der Waals surface area contributed by atoms with Crippen molar-refractivity contribution in [3.8, 4) is 10.8 Å². The zero-order valence-electron chi connectivity index (χ0n) is 13.1. The van der Waals surface area contributed by atoms with Gasteiger partial charge in [-0.3, -0.25) is 4.72 Å². The molecule has 25 heavy (non-hydrogen) atoms. The Bertz CT molecular complexity index is 1000. The minimum Gasteiger partial charge on any atom is -0.333 e. The molecule has 2 heterocycles. The Morgan fingerprint density at radius 1 is 1.20 bits per heavy atom. The SMILES string of the molecule is O=S(=O)(C=Cc1ccccc1)Nc1ccsc1-c1nc(C2CC2)no1. The minimum absolute atomic E-state index is 0.349. The van der Waals surface area contributed by atoms with E-state index in [-0.39, 0.29) is 0 Å². The number of hydrogen-bond acceptors (Lipinski definition) is 6. The molecular weight excluding hydrogens is 358 g/mol. The van der Waals surface area contributed by atoms with E-state index in [1.54, 1.807) is 17.5 Å². The van der Waals surface area contributed by atoms with Crippen molar-refractivity contribution in [2.45, 2.75) is 18.8 Å². The second-order valence-electron chi connectivity index (χ2n) is 5.76. The molecule has 6 nitrogen and oxygen atoms in total. The Kier molecular flexibility index (Phi) is 4.14. The summed E-state index contributed by atoms with van der Waals surface area (Å²) in [5.41, 5.74) is 1.25. The van der Waals surface area contributed by atoms with Crippen LogP contribution in [-0.4, -0.2) is 18.6 Å². The zero-order valence-corrected chi connectivity index (χ0v) is 14.8. The molecule has 0 unspecified atom stereocenters. The third kappa shape index (κ3) is 3.80. The van der Waals surface area contributed by atoms with E-state index >= 15 is 0 Å². The molecule has 128 valence electrons. The lowest BCUT2D eigenvalue weighted by molar-refractivity contribution is 0.423. The molecular formula is C17H15N3O3S2. The van der Waals surface area contributed by atoms with Crippen molar-refractivity contribution in [3.63, 3.8) is 0 Å². The fourth-order valence-corrected chi connectivity index (χ4v) is 4.02. The first-order valence-electron chi connectivity index (χ1n) is 7.78. The molecule has 0 amide bonds. The Morgan fingerprint density at radius 2 is 2.00 bits per heavy atom. The average Bonchev–Trinajstić information content (AvgIpc) is 3.17. The molecule has 1 fully saturated rings. The van der Waals surface area contributed by atoms with Crippen LogP contribution in [0.4, 0.5) is 5.69 Å². The van der Waals surface area contributed by atoms with Crippen LogP contribution in [0.1, 0.15) is 30.1 Å². The van der Waals surface area contributed by atoms with Gasteiger partial charge in [-0.05, 0) is 35.9 Å². The van der Waals surface area contributed by atoms with Gasteiger partial charge in [-0.25, -0.2) is 8.42 Å². The van der Waals surface area contributed by atoms with E-state index in [0.717, 1.165) is 23.8 Å². The molecule has 0 spiro atoms. The Hall–Kier alpha value is -2.45. The number of nitrogens with zero attached hydrogens (tertiary/aromatic N) is 2. The summed E-state index contributed by atoms with van der Waals surface area (Å²) in [5, 5.41) is 6.91. The second kappa shape index (κ2) is 6.45. The first-order chi connectivity index (χ1) is 12.1. The normalized spacial score (nSPS) is 14.9. The topological polar surface area (TPSA) is 85.1 Å². The highest BCUT2D eigenvalue weighted by atomic mass is 32.2. The molecule has 1 aromatic carbocycles. The van der Waals surface area contributed by atoms with Gasteiger partial charge in [0, 0.05) is 5.92 Å². The first kappa shape index (κ1) is 16.0. The maximum Gasteiger partial charge on any atom is 0.270 e. The molecule has 4 rings (SSSR count). The zero-order chi connectivity index (χ0) is 17.3. The standard InChI is InChI=1S/C17H15N3O3S2/c21-25(22,11-9-12-4-2-1-3-5-12)20-14-8-10-24-15(14)17-18-16(19-23-17)13-6-7-13/h1-5,8-11,13,20H,6-7H2. The summed E-state index contributed by atoms with van der Waals surface area (Å²) in [6.07, 6.45) is 3.70. The van der Waals surface area contributed by atoms with Crippen molar-refractivity contribution in [1.29, 1.82) is 0 Å². The highest BCUT2D eigenvalue weighted by molar-refractivity contribution is 7.95. The van der Waals surface area contributed by atoms with Crippen LogP contribution in [0.5, 0.6) is 0 Å². The number of rotatable bonds is 6. The van der Waals surface area contributed by atoms with Gasteiger partial charge in [0.15, 0.2) is 5.82 Å². The van der Waals surface area contributed by atoms with Crippen LogP contribution >= 0.6 is 11.3 Å². The van der Waals surface area contributed by atoms with Crippen molar-refractivity contribution >= 4 is 33.1 Å². The van der Waals surface area contributed by atoms with Crippen LogP contribution in [0.15, 0.2) is 51.7 Å². The molecule has 0 radical (unpaired) electrons. The van der Waals surface area contributed by atoms with E-state index in [1.165, 1.54) is 11.3 Å². The summed E-state index contributed by atoms with van der Waals surface area (Å²) in [6.45, 7) is 0. The van der Waals surface area contributed by atoms with Gasteiger partial charge in [0.05, 0.1) is 11.1 Å². The average molecular weight is 373 g/mol. The summed E-state index contributed by atoms with van der Waals surface area (Å²) in [4.78, 5) is 5.00. The number of hydrogen-bond donors (Lipinski definition) is 1. The van der Waals surface area contributed by atoms with Crippen molar-refractivity contribution in [3.05, 3.63) is 58.6 Å². The maximum atomic E-state index is 12.3. The van der Waals surface area contributed by atoms with Crippen molar-refractivity contribution < 1.29 is 12.9 Å². The summed E-state index contributed by atoms with van der Waals surface area (Å²) in [6, 6.07) is 10.9. The first-order valence-corrected chi connectivity index (χ1v) is 10.2. The smallest absolute Gasteiger partial charge is 0.270 e. The van der Waals surface area contributed by atoms with Crippen LogP contribution < -0.4 is 4.72 Å². The predicted octanol–water partition coefficient (Wildman–Crippen LogP) is 4.09. The predicted molar refractivity (Wildman–Crippen MR) is 97.6 cm³/mol. The summed E-state index contributed by atoms with van der Waals surface area (Å²) in [5.74, 6) is 1.43. The maximum absolute atomic E-state index is 12.3. The number of nitrogens with one attached hydrogen (secondary N) is 1. The molecule has 3 aromatic rings. The molecule has 8 heteroatoms. The summed E-state index contributed by atoms with van der Waals surface area (Å²) in [7, 11) is -3.64.